The molecule has 0 amide bonds. The highest BCUT2D eigenvalue weighted by molar-refractivity contribution is 6.17. The topological polar surface area (TPSA) is 54.4 Å². The van der Waals surface area contributed by atoms with E-state index >= 15 is 0 Å². The zero-order chi connectivity index (χ0) is 13.4. The molecule has 0 fully saturated rings. The summed E-state index contributed by atoms with van der Waals surface area (Å²) in [6.07, 6.45) is 9.88. The number of ketones is 2. The Morgan fingerprint density at radius 1 is 1.11 bits per heavy atom. The lowest BCUT2D eigenvalue weighted by Gasteiger charge is -2.19. The van der Waals surface area contributed by atoms with Gasteiger partial charge in [0.15, 0.2) is 11.6 Å². The second-order valence-electron chi connectivity index (χ2n) is 4.76. The van der Waals surface area contributed by atoms with E-state index in [1.54, 1.807) is 0 Å². The number of hydrogen-bond donors (Lipinski definition) is 1. The molecule has 0 spiro atoms. The maximum atomic E-state index is 11.8. The zero-order valence-electron chi connectivity index (χ0n) is 11.0. The first-order valence-corrected chi connectivity index (χ1v) is 6.77. The van der Waals surface area contributed by atoms with Crippen LogP contribution in [0.1, 0.15) is 45.4 Å². The lowest BCUT2D eigenvalue weighted by Crippen LogP contribution is -2.17. The van der Waals surface area contributed by atoms with Crippen molar-refractivity contribution in [1.82, 2.24) is 0 Å². The molecule has 0 bridgehead atoms. The predicted molar refractivity (Wildman–Crippen MR) is 71.2 cm³/mol. The number of carbonyl (C=O) groups excluding carboxylic acids is 2. The number of allylic oxidation sites excluding steroid dienone is 4. The van der Waals surface area contributed by atoms with Crippen LogP contribution in [0.3, 0.4) is 0 Å². The Morgan fingerprint density at radius 2 is 1.83 bits per heavy atom. The van der Waals surface area contributed by atoms with Crippen molar-refractivity contribution in [2.24, 2.45) is 5.92 Å². The Kier molecular flexibility index (Phi) is 6.58. The molecule has 0 saturated heterocycles. The fourth-order valence-electron chi connectivity index (χ4n) is 2.28. The van der Waals surface area contributed by atoms with Gasteiger partial charge >= 0.3 is 0 Å². The van der Waals surface area contributed by atoms with Gasteiger partial charge in [-0.1, -0.05) is 26.2 Å². The molecule has 0 saturated carbocycles. The van der Waals surface area contributed by atoms with Gasteiger partial charge in [-0.15, -0.1) is 0 Å². The fraction of sp³-hybridized carbons (Fsp3) is 0.600. The Balaban J connectivity index is 2.68. The van der Waals surface area contributed by atoms with Crippen LogP contribution in [-0.4, -0.2) is 23.3 Å². The van der Waals surface area contributed by atoms with E-state index in [4.69, 9.17) is 5.11 Å². The molecular formula is C15H22O3. The largest absolute Gasteiger partial charge is 0.396 e. The summed E-state index contributed by atoms with van der Waals surface area (Å²) in [6.45, 7) is 2.27. The molecule has 1 atom stereocenters. The number of hydrogen-bond acceptors (Lipinski definition) is 3. The van der Waals surface area contributed by atoms with E-state index in [-0.39, 0.29) is 24.1 Å². The smallest absolute Gasteiger partial charge is 0.182 e. The van der Waals surface area contributed by atoms with Gasteiger partial charge in [0.05, 0.1) is 0 Å². The highest BCUT2D eigenvalue weighted by Crippen LogP contribution is 2.26. The molecule has 1 rings (SSSR count). The van der Waals surface area contributed by atoms with E-state index < -0.39 is 0 Å². The summed E-state index contributed by atoms with van der Waals surface area (Å²) in [7, 11) is 0. The molecule has 0 aromatic carbocycles. The maximum absolute atomic E-state index is 11.8. The summed E-state index contributed by atoms with van der Waals surface area (Å²) >= 11 is 0. The molecule has 1 unspecified atom stereocenters. The molecule has 3 nitrogen and oxygen atoms in total. The summed E-state index contributed by atoms with van der Waals surface area (Å²) in [5.41, 5.74) is 0.632. The summed E-state index contributed by atoms with van der Waals surface area (Å²) < 4.78 is 0. The minimum atomic E-state index is -0.103. The van der Waals surface area contributed by atoms with Gasteiger partial charge in [-0.25, -0.2) is 0 Å². The van der Waals surface area contributed by atoms with E-state index in [0.29, 0.717) is 12.0 Å². The minimum absolute atomic E-state index is 0.0472. The molecule has 1 aliphatic rings. The Morgan fingerprint density at radius 3 is 2.50 bits per heavy atom. The van der Waals surface area contributed by atoms with Gasteiger partial charge in [0.1, 0.15) is 0 Å². The van der Waals surface area contributed by atoms with E-state index in [1.807, 2.05) is 0 Å². The summed E-state index contributed by atoms with van der Waals surface area (Å²) in [6, 6.07) is 0. The monoisotopic (exact) mass is 250 g/mol. The van der Waals surface area contributed by atoms with Gasteiger partial charge in [0, 0.05) is 12.2 Å². The quantitative estimate of drug-likeness (QED) is 0.532. The Labute approximate surface area is 109 Å². The summed E-state index contributed by atoms with van der Waals surface area (Å²) in [5.74, 6) is -0.0340. The number of unbranched alkanes of at least 4 members (excludes halogenated alkanes) is 2. The molecule has 3 heteroatoms. The highest BCUT2D eigenvalue weighted by atomic mass is 16.2. The van der Waals surface area contributed by atoms with Gasteiger partial charge in [0.25, 0.3) is 0 Å². The van der Waals surface area contributed by atoms with Gasteiger partial charge < -0.3 is 5.11 Å². The molecule has 0 aromatic rings. The SMILES string of the molecule is CCCCCC(CCCO)C1=CC(=O)C=CC1=O. The first kappa shape index (κ1) is 14.8. The zero-order valence-corrected chi connectivity index (χ0v) is 11.0. The van der Waals surface area contributed by atoms with E-state index in [0.717, 1.165) is 32.1 Å². The first-order chi connectivity index (χ1) is 8.69. The van der Waals surface area contributed by atoms with Crippen LogP contribution in [0.2, 0.25) is 0 Å². The number of aliphatic hydroxyl groups is 1. The van der Waals surface area contributed by atoms with Gasteiger partial charge in [0.2, 0.25) is 0 Å². The van der Waals surface area contributed by atoms with Crippen molar-refractivity contribution in [2.45, 2.75) is 45.4 Å². The third-order valence-corrected chi connectivity index (χ3v) is 3.29. The Hall–Kier alpha value is -1.22. The lowest BCUT2D eigenvalue weighted by atomic mass is 9.84. The number of rotatable bonds is 8. The van der Waals surface area contributed by atoms with Crippen LogP contribution in [0.5, 0.6) is 0 Å². The first-order valence-electron chi connectivity index (χ1n) is 6.77. The lowest BCUT2D eigenvalue weighted by molar-refractivity contribution is -0.115. The van der Waals surface area contributed by atoms with Crippen molar-refractivity contribution in [3.63, 3.8) is 0 Å². The normalized spacial score (nSPS) is 16.9. The Bertz CT molecular complexity index is 353. The third-order valence-electron chi connectivity index (χ3n) is 3.29. The van der Waals surface area contributed by atoms with Crippen molar-refractivity contribution in [3.8, 4) is 0 Å². The van der Waals surface area contributed by atoms with Crippen LogP contribution in [0.15, 0.2) is 23.8 Å². The van der Waals surface area contributed by atoms with E-state index in [2.05, 4.69) is 6.92 Å². The molecule has 0 aromatic heterocycles. The van der Waals surface area contributed by atoms with Crippen LogP contribution in [0, 0.1) is 5.92 Å². The summed E-state index contributed by atoms with van der Waals surface area (Å²) in [4.78, 5) is 23.2. The second kappa shape index (κ2) is 7.98. The molecule has 0 aliphatic heterocycles. The highest BCUT2D eigenvalue weighted by Gasteiger charge is 2.22. The standard InChI is InChI=1S/C15H22O3/c1-2-3-4-6-12(7-5-10-16)14-11-13(17)8-9-15(14)18/h8-9,11-12,16H,2-7,10H2,1H3. The van der Waals surface area contributed by atoms with E-state index in [1.165, 1.54) is 18.2 Å². The molecule has 1 N–H and O–H groups in total. The maximum Gasteiger partial charge on any atom is 0.182 e. The van der Waals surface area contributed by atoms with Crippen molar-refractivity contribution in [2.75, 3.05) is 6.61 Å². The molecule has 1 aliphatic carbocycles. The molecule has 0 heterocycles. The number of carbonyl (C=O) groups is 2. The predicted octanol–water partition coefficient (Wildman–Crippen LogP) is 2.59. The van der Waals surface area contributed by atoms with Crippen molar-refractivity contribution in [3.05, 3.63) is 23.8 Å². The van der Waals surface area contributed by atoms with Crippen molar-refractivity contribution < 1.29 is 14.7 Å². The fourth-order valence-corrected chi connectivity index (χ4v) is 2.28. The van der Waals surface area contributed by atoms with Crippen LogP contribution in [0.4, 0.5) is 0 Å². The van der Waals surface area contributed by atoms with Crippen LogP contribution < -0.4 is 0 Å². The summed E-state index contributed by atoms with van der Waals surface area (Å²) in [5, 5.41) is 8.92. The minimum Gasteiger partial charge on any atom is -0.396 e. The third kappa shape index (κ3) is 4.57. The van der Waals surface area contributed by atoms with Crippen LogP contribution >= 0.6 is 0 Å². The number of aliphatic hydroxyl groups excluding tert-OH is 1. The van der Waals surface area contributed by atoms with Crippen molar-refractivity contribution in [1.29, 1.82) is 0 Å². The van der Waals surface area contributed by atoms with Crippen LogP contribution in [-0.2, 0) is 9.59 Å². The average molecular weight is 250 g/mol. The van der Waals surface area contributed by atoms with Crippen molar-refractivity contribution >= 4 is 11.6 Å². The van der Waals surface area contributed by atoms with Gasteiger partial charge in [-0.2, -0.15) is 0 Å². The average Bonchev–Trinajstić information content (AvgIpc) is 2.37. The van der Waals surface area contributed by atoms with Gasteiger partial charge in [-0.05, 0) is 43.4 Å². The molecule has 0 radical (unpaired) electrons. The molecular weight excluding hydrogens is 228 g/mol. The molecule has 18 heavy (non-hydrogen) atoms. The van der Waals surface area contributed by atoms with Crippen LogP contribution in [0.25, 0.3) is 0 Å². The van der Waals surface area contributed by atoms with Gasteiger partial charge in [-0.3, -0.25) is 9.59 Å². The molecule has 100 valence electrons. The second-order valence-corrected chi connectivity index (χ2v) is 4.76. The van der Waals surface area contributed by atoms with E-state index in [9.17, 15) is 9.59 Å².